The van der Waals surface area contributed by atoms with Crippen molar-refractivity contribution in [1.82, 2.24) is 4.90 Å². The highest BCUT2D eigenvalue weighted by molar-refractivity contribution is 5.96. The zero-order valence-electron chi connectivity index (χ0n) is 14.8. The van der Waals surface area contributed by atoms with Crippen molar-refractivity contribution in [2.24, 2.45) is 5.92 Å². The summed E-state index contributed by atoms with van der Waals surface area (Å²) in [6, 6.07) is 5.14. The summed E-state index contributed by atoms with van der Waals surface area (Å²) in [7, 11) is 1.65. The van der Waals surface area contributed by atoms with E-state index in [1.54, 1.807) is 25.2 Å². The minimum Gasteiger partial charge on any atom is -0.481 e. The molecule has 2 N–H and O–H groups in total. The Balaban J connectivity index is 2.70. The van der Waals surface area contributed by atoms with Crippen molar-refractivity contribution in [3.8, 4) is 0 Å². The Kier molecular flexibility index (Phi) is 7.42. The molecule has 0 atom stereocenters. The summed E-state index contributed by atoms with van der Waals surface area (Å²) >= 11 is 0. The van der Waals surface area contributed by atoms with Gasteiger partial charge in [-0.1, -0.05) is 13.8 Å². The number of hydrogen-bond acceptors (Lipinski definition) is 3. The molecule has 0 aromatic heterocycles. The van der Waals surface area contributed by atoms with Gasteiger partial charge >= 0.3 is 5.97 Å². The molecule has 6 nitrogen and oxygen atoms in total. The number of rotatable bonds is 8. The van der Waals surface area contributed by atoms with Crippen LogP contribution in [0.4, 0.5) is 5.69 Å². The van der Waals surface area contributed by atoms with Crippen LogP contribution in [0.1, 0.15) is 49.0 Å². The van der Waals surface area contributed by atoms with Gasteiger partial charge in [0.2, 0.25) is 5.91 Å². The average molecular weight is 334 g/mol. The molecule has 0 saturated heterocycles. The quantitative estimate of drug-likeness (QED) is 0.765. The molecule has 2 amide bonds. The molecule has 24 heavy (non-hydrogen) atoms. The molecule has 0 fully saturated rings. The third-order valence-corrected chi connectivity index (χ3v) is 3.57. The van der Waals surface area contributed by atoms with E-state index in [1.165, 1.54) is 4.90 Å². The van der Waals surface area contributed by atoms with Crippen LogP contribution in [0.3, 0.4) is 0 Å². The Morgan fingerprint density at radius 1 is 1.25 bits per heavy atom. The summed E-state index contributed by atoms with van der Waals surface area (Å²) in [6.07, 6.45) is 0.907. The molecule has 0 radical (unpaired) electrons. The van der Waals surface area contributed by atoms with E-state index in [-0.39, 0.29) is 24.2 Å². The number of benzene rings is 1. The topological polar surface area (TPSA) is 86.7 Å². The van der Waals surface area contributed by atoms with Gasteiger partial charge in [-0.25, -0.2) is 0 Å². The highest BCUT2D eigenvalue weighted by Crippen LogP contribution is 2.18. The van der Waals surface area contributed by atoms with Gasteiger partial charge in [-0.15, -0.1) is 0 Å². The van der Waals surface area contributed by atoms with Gasteiger partial charge in [0.1, 0.15) is 0 Å². The molecule has 0 aliphatic heterocycles. The number of carboxylic acids is 1. The number of nitrogens with zero attached hydrogens (tertiary/aromatic N) is 1. The number of carbonyl (C=O) groups excluding carboxylic acids is 2. The largest absolute Gasteiger partial charge is 0.481 e. The fourth-order valence-electron chi connectivity index (χ4n) is 2.30. The van der Waals surface area contributed by atoms with Gasteiger partial charge in [0.15, 0.2) is 0 Å². The summed E-state index contributed by atoms with van der Waals surface area (Å²) in [6.45, 7) is 6.19. The lowest BCUT2D eigenvalue weighted by Gasteiger charge is -2.18. The lowest BCUT2D eigenvalue weighted by atomic mass is 10.1. The molecule has 1 aromatic carbocycles. The van der Waals surface area contributed by atoms with Gasteiger partial charge in [0.25, 0.3) is 5.91 Å². The number of carbonyl (C=O) groups is 3. The predicted molar refractivity (Wildman–Crippen MR) is 93.1 cm³/mol. The number of aryl methyl sites for hydroxylation is 1. The van der Waals surface area contributed by atoms with Crippen LogP contribution in [-0.4, -0.2) is 41.4 Å². The van der Waals surface area contributed by atoms with E-state index >= 15 is 0 Å². The van der Waals surface area contributed by atoms with Crippen molar-refractivity contribution < 1.29 is 19.5 Å². The highest BCUT2D eigenvalue weighted by Gasteiger charge is 2.14. The second-order valence-corrected chi connectivity index (χ2v) is 6.40. The maximum atomic E-state index is 12.3. The van der Waals surface area contributed by atoms with Crippen LogP contribution in [0.5, 0.6) is 0 Å². The van der Waals surface area contributed by atoms with Crippen LogP contribution in [0, 0.1) is 12.8 Å². The van der Waals surface area contributed by atoms with Crippen molar-refractivity contribution >= 4 is 23.5 Å². The Morgan fingerprint density at radius 2 is 1.92 bits per heavy atom. The first-order valence-electron chi connectivity index (χ1n) is 8.08. The van der Waals surface area contributed by atoms with Crippen LogP contribution in [0.15, 0.2) is 18.2 Å². The van der Waals surface area contributed by atoms with Gasteiger partial charge in [-0.2, -0.15) is 0 Å². The van der Waals surface area contributed by atoms with Gasteiger partial charge in [-0.05, 0) is 43.0 Å². The summed E-state index contributed by atoms with van der Waals surface area (Å²) in [5.41, 5.74) is 2.04. The first-order valence-corrected chi connectivity index (χ1v) is 8.08. The first-order chi connectivity index (χ1) is 11.2. The maximum Gasteiger partial charge on any atom is 0.303 e. The Labute approximate surface area is 142 Å². The van der Waals surface area contributed by atoms with Crippen LogP contribution in [0.2, 0.25) is 0 Å². The lowest BCUT2D eigenvalue weighted by Crippen LogP contribution is -2.28. The molecule has 0 heterocycles. The normalized spacial score (nSPS) is 10.5. The SMILES string of the molecule is Cc1cc(C(=O)N(C)CCCC(=O)O)ccc1NC(=O)CC(C)C. The third kappa shape index (κ3) is 6.40. The summed E-state index contributed by atoms with van der Waals surface area (Å²) in [5, 5.41) is 11.5. The van der Waals surface area contributed by atoms with E-state index in [9.17, 15) is 14.4 Å². The van der Waals surface area contributed by atoms with Gasteiger partial charge < -0.3 is 15.3 Å². The summed E-state index contributed by atoms with van der Waals surface area (Å²) in [4.78, 5) is 36.2. The predicted octanol–water partition coefficient (Wildman–Crippen LogP) is 2.92. The zero-order chi connectivity index (χ0) is 18.3. The Morgan fingerprint density at radius 3 is 2.46 bits per heavy atom. The number of hydrogen-bond donors (Lipinski definition) is 2. The standard InChI is InChI=1S/C18H26N2O4/c1-12(2)10-16(21)19-15-8-7-14(11-13(15)3)18(24)20(4)9-5-6-17(22)23/h7-8,11-12H,5-6,9-10H2,1-4H3,(H,19,21)(H,22,23). The Bertz CT molecular complexity index is 611. The molecule has 0 bridgehead atoms. The van der Waals surface area contributed by atoms with Gasteiger partial charge in [0.05, 0.1) is 0 Å². The monoisotopic (exact) mass is 334 g/mol. The fourth-order valence-corrected chi connectivity index (χ4v) is 2.30. The molecular weight excluding hydrogens is 308 g/mol. The zero-order valence-corrected chi connectivity index (χ0v) is 14.8. The molecule has 0 aliphatic carbocycles. The van der Waals surface area contributed by atoms with E-state index in [4.69, 9.17) is 5.11 Å². The maximum absolute atomic E-state index is 12.3. The third-order valence-electron chi connectivity index (χ3n) is 3.57. The molecule has 1 rings (SSSR count). The number of nitrogens with one attached hydrogen (secondary N) is 1. The molecule has 1 aromatic rings. The van der Waals surface area contributed by atoms with Gasteiger partial charge in [-0.3, -0.25) is 14.4 Å². The van der Waals surface area contributed by atoms with Gasteiger partial charge in [0, 0.05) is 37.7 Å². The first kappa shape index (κ1) is 19.7. The lowest BCUT2D eigenvalue weighted by molar-refractivity contribution is -0.137. The van der Waals surface area contributed by atoms with Crippen molar-refractivity contribution in [2.75, 3.05) is 18.9 Å². The van der Waals surface area contributed by atoms with Crippen LogP contribution in [-0.2, 0) is 9.59 Å². The van der Waals surface area contributed by atoms with E-state index < -0.39 is 5.97 Å². The fraction of sp³-hybridized carbons (Fsp3) is 0.500. The number of anilines is 1. The second kappa shape index (κ2) is 9.05. The summed E-state index contributed by atoms with van der Waals surface area (Å²) < 4.78 is 0. The molecular formula is C18H26N2O4. The average Bonchev–Trinajstić information content (AvgIpc) is 2.47. The van der Waals surface area contributed by atoms with E-state index in [1.807, 2.05) is 20.8 Å². The molecule has 0 aliphatic rings. The van der Waals surface area contributed by atoms with Crippen molar-refractivity contribution in [1.29, 1.82) is 0 Å². The van der Waals surface area contributed by atoms with Crippen molar-refractivity contribution in [3.63, 3.8) is 0 Å². The number of amides is 2. The highest BCUT2D eigenvalue weighted by atomic mass is 16.4. The molecule has 132 valence electrons. The second-order valence-electron chi connectivity index (χ2n) is 6.40. The molecule has 0 saturated carbocycles. The van der Waals surface area contributed by atoms with Crippen molar-refractivity contribution in [2.45, 2.75) is 40.0 Å². The van der Waals surface area contributed by atoms with E-state index in [0.717, 1.165) is 5.56 Å². The Hall–Kier alpha value is -2.37. The number of carboxylic acid groups (broad SMARTS) is 1. The minimum absolute atomic E-state index is 0.0392. The van der Waals surface area contributed by atoms with E-state index in [2.05, 4.69) is 5.32 Å². The van der Waals surface area contributed by atoms with Crippen LogP contribution in [0.25, 0.3) is 0 Å². The van der Waals surface area contributed by atoms with Crippen LogP contribution < -0.4 is 5.32 Å². The van der Waals surface area contributed by atoms with Crippen molar-refractivity contribution in [3.05, 3.63) is 29.3 Å². The molecule has 6 heteroatoms. The molecule has 0 spiro atoms. The van der Waals surface area contributed by atoms with Crippen LogP contribution >= 0.6 is 0 Å². The minimum atomic E-state index is -0.867. The number of aliphatic carboxylic acids is 1. The van der Waals surface area contributed by atoms with E-state index in [0.29, 0.717) is 30.6 Å². The smallest absolute Gasteiger partial charge is 0.303 e. The molecule has 0 unspecified atom stereocenters. The summed E-state index contributed by atoms with van der Waals surface area (Å²) in [5.74, 6) is -0.791.